The van der Waals surface area contributed by atoms with Gasteiger partial charge in [-0.1, -0.05) is 0 Å². The number of ether oxygens (including phenoxy) is 1. The Kier molecular flexibility index (Phi) is 2.45. The number of fused-ring (bicyclic) bond motifs is 1. The van der Waals surface area contributed by atoms with E-state index in [-0.39, 0.29) is 18.1 Å². The van der Waals surface area contributed by atoms with Gasteiger partial charge in [-0.25, -0.2) is 4.79 Å². The van der Waals surface area contributed by atoms with Gasteiger partial charge in [0.05, 0.1) is 13.0 Å². The molecule has 6 nitrogen and oxygen atoms in total. The second-order valence-corrected chi connectivity index (χ2v) is 4.42. The third-order valence-electron chi connectivity index (χ3n) is 3.16. The van der Waals surface area contributed by atoms with Crippen LogP contribution in [0.2, 0.25) is 0 Å². The molecule has 0 aromatic heterocycles. The van der Waals surface area contributed by atoms with E-state index in [0.29, 0.717) is 19.5 Å². The van der Waals surface area contributed by atoms with Gasteiger partial charge in [0.2, 0.25) is 5.91 Å². The zero-order valence-electron chi connectivity index (χ0n) is 9.68. The number of cyclic esters (lactones) is 1. The molecule has 1 aromatic carbocycles. The molecule has 1 fully saturated rings. The molecule has 0 bridgehead atoms. The Bertz CT molecular complexity index is 529. The summed E-state index contributed by atoms with van der Waals surface area (Å²) in [5.74, 6) is -0.0222. The molecule has 0 aliphatic carbocycles. The molecule has 1 unspecified atom stereocenters. The van der Waals surface area contributed by atoms with E-state index in [2.05, 4.69) is 5.32 Å². The van der Waals surface area contributed by atoms with Crippen molar-refractivity contribution in [1.82, 2.24) is 0 Å². The fraction of sp³-hybridized carbons (Fsp3) is 0.333. The number of nitrogens with one attached hydrogen (secondary N) is 1. The fourth-order valence-corrected chi connectivity index (χ4v) is 2.24. The van der Waals surface area contributed by atoms with Gasteiger partial charge in [-0.3, -0.25) is 9.69 Å². The predicted octanol–water partition coefficient (Wildman–Crippen LogP) is 0.465. The van der Waals surface area contributed by atoms with Crippen molar-refractivity contribution < 1.29 is 14.3 Å². The summed E-state index contributed by atoms with van der Waals surface area (Å²) in [6.07, 6.45) is -0.292. The number of nitrogens with two attached hydrogens (primary N) is 1. The van der Waals surface area contributed by atoms with Gasteiger partial charge in [-0.15, -0.1) is 0 Å². The summed E-state index contributed by atoms with van der Waals surface area (Å²) in [7, 11) is 0. The lowest BCUT2D eigenvalue weighted by Gasteiger charge is -2.13. The van der Waals surface area contributed by atoms with Crippen molar-refractivity contribution in [3.8, 4) is 0 Å². The minimum atomic E-state index is -0.386. The lowest BCUT2D eigenvalue weighted by Crippen LogP contribution is -2.27. The van der Waals surface area contributed by atoms with Crippen molar-refractivity contribution >= 4 is 23.4 Å². The van der Waals surface area contributed by atoms with Crippen LogP contribution in [0, 0.1) is 0 Å². The first kappa shape index (κ1) is 11.0. The Hall–Kier alpha value is -2.08. The lowest BCUT2D eigenvalue weighted by molar-refractivity contribution is -0.115. The second kappa shape index (κ2) is 3.99. The average molecular weight is 247 g/mol. The number of anilines is 2. The van der Waals surface area contributed by atoms with Gasteiger partial charge in [-0.2, -0.15) is 0 Å². The first-order valence-electron chi connectivity index (χ1n) is 5.78. The summed E-state index contributed by atoms with van der Waals surface area (Å²) >= 11 is 0. The van der Waals surface area contributed by atoms with E-state index < -0.39 is 0 Å². The average Bonchev–Trinajstić information content (AvgIpc) is 2.89. The van der Waals surface area contributed by atoms with E-state index in [1.54, 1.807) is 17.0 Å². The van der Waals surface area contributed by atoms with Gasteiger partial charge in [0, 0.05) is 17.9 Å². The van der Waals surface area contributed by atoms with Crippen molar-refractivity contribution in [2.75, 3.05) is 23.3 Å². The predicted molar refractivity (Wildman–Crippen MR) is 65.4 cm³/mol. The molecular weight excluding hydrogens is 234 g/mol. The van der Waals surface area contributed by atoms with E-state index in [4.69, 9.17) is 10.5 Å². The highest BCUT2D eigenvalue weighted by molar-refractivity contribution is 6.00. The van der Waals surface area contributed by atoms with Crippen molar-refractivity contribution in [1.29, 1.82) is 0 Å². The van der Waals surface area contributed by atoms with Crippen LogP contribution in [-0.4, -0.2) is 31.2 Å². The summed E-state index contributed by atoms with van der Waals surface area (Å²) in [6, 6.07) is 5.44. The summed E-state index contributed by atoms with van der Waals surface area (Å²) in [5.41, 5.74) is 7.94. The molecule has 6 heteroatoms. The number of carbonyl (C=O) groups is 2. The third-order valence-corrected chi connectivity index (χ3v) is 3.16. The molecule has 2 amide bonds. The maximum Gasteiger partial charge on any atom is 0.414 e. The number of hydrogen-bond acceptors (Lipinski definition) is 4. The molecule has 0 spiro atoms. The van der Waals surface area contributed by atoms with Gasteiger partial charge >= 0.3 is 6.09 Å². The SMILES string of the molecule is NCC1CN(c2ccc3c(c2)CC(=O)N3)C(=O)O1. The van der Waals surface area contributed by atoms with Crippen LogP contribution in [0.1, 0.15) is 5.56 Å². The molecule has 0 radical (unpaired) electrons. The fourth-order valence-electron chi connectivity index (χ4n) is 2.24. The standard InChI is InChI=1S/C12H13N3O3/c13-5-9-6-15(12(17)18-9)8-1-2-10-7(3-8)4-11(16)14-10/h1-3,9H,4-6,13H2,(H,14,16). The Morgan fingerprint density at radius 3 is 3.00 bits per heavy atom. The summed E-state index contributed by atoms with van der Waals surface area (Å²) in [5, 5.41) is 2.75. The van der Waals surface area contributed by atoms with E-state index >= 15 is 0 Å². The smallest absolute Gasteiger partial charge is 0.414 e. The van der Waals surface area contributed by atoms with Crippen molar-refractivity contribution in [2.24, 2.45) is 5.73 Å². The molecule has 18 heavy (non-hydrogen) atoms. The lowest BCUT2D eigenvalue weighted by atomic mass is 10.1. The number of amides is 2. The number of nitrogens with zero attached hydrogens (tertiary/aromatic N) is 1. The van der Waals surface area contributed by atoms with Crippen LogP contribution in [0.5, 0.6) is 0 Å². The number of hydrogen-bond donors (Lipinski definition) is 2. The van der Waals surface area contributed by atoms with Crippen LogP contribution in [0.25, 0.3) is 0 Å². The molecule has 1 saturated heterocycles. The Morgan fingerprint density at radius 1 is 1.44 bits per heavy atom. The molecule has 2 heterocycles. The van der Waals surface area contributed by atoms with Gasteiger partial charge < -0.3 is 15.8 Å². The van der Waals surface area contributed by atoms with Gasteiger partial charge in [0.15, 0.2) is 0 Å². The van der Waals surface area contributed by atoms with Gasteiger partial charge in [0.1, 0.15) is 6.10 Å². The van der Waals surface area contributed by atoms with Crippen LogP contribution >= 0.6 is 0 Å². The summed E-state index contributed by atoms with van der Waals surface area (Å²) < 4.78 is 5.10. The molecule has 1 aromatic rings. The van der Waals surface area contributed by atoms with Crippen LogP contribution in [0.15, 0.2) is 18.2 Å². The Morgan fingerprint density at radius 2 is 2.28 bits per heavy atom. The van der Waals surface area contributed by atoms with E-state index in [9.17, 15) is 9.59 Å². The zero-order valence-corrected chi connectivity index (χ0v) is 9.68. The van der Waals surface area contributed by atoms with Crippen LogP contribution in [0.3, 0.4) is 0 Å². The minimum Gasteiger partial charge on any atom is -0.443 e. The van der Waals surface area contributed by atoms with Crippen molar-refractivity contribution in [2.45, 2.75) is 12.5 Å². The van der Waals surface area contributed by atoms with Crippen molar-refractivity contribution in [3.63, 3.8) is 0 Å². The quantitative estimate of drug-likeness (QED) is 0.795. The molecule has 2 aliphatic rings. The third kappa shape index (κ3) is 1.70. The highest BCUT2D eigenvalue weighted by Gasteiger charge is 2.32. The zero-order chi connectivity index (χ0) is 12.7. The highest BCUT2D eigenvalue weighted by atomic mass is 16.6. The number of rotatable bonds is 2. The topological polar surface area (TPSA) is 84.7 Å². The van der Waals surface area contributed by atoms with Crippen LogP contribution in [0.4, 0.5) is 16.2 Å². The van der Waals surface area contributed by atoms with E-state index in [0.717, 1.165) is 16.9 Å². The van der Waals surface area contributed by atoms with Crippen molar-refractivity contribution in [3.05, 3.63) is 23.8 Å². The molecule has 3 N–H and O–H groups in total. The van der Waals surface area contributed by atoms with E-state index in [1.807, 2.05) is 6.07 Å². The van der Waals surface area contributed by atoms with Crippen LogP contribution in [-0.2, 0) is 16.0 Å². The van der Waals surface area contributed by atoms with Gasteiger partial charge in [0.25, 0.3) is 0 Å². The normalized spacial score (nSPS) is 21.8. The molecule has 2 aliphatic heterocycles. The molecule has 1 atom stereocenters. The first-order valence-corrected chi connectivity index (χ1v) is 5.78. The number of carbonyl (C=O) groups excluding carboxylic acids is 2. The molecular formula is C12H13N3O3. The Balaban J connectivity index is 1.88. The minimum absolute atomic E-state index is 0.0222. The molecule has 3 rings (SSSR count). The summed E-state index contributed by atoms with van der Waals surface area (Å²) in [4.78, 5) is 24.5. The monoisotopic (exact) mass is 247 g/mol. The highest BCUT2D eigenvalue weighted by Crippen LogP contribution is 2.29. The number of benzene rings is 1. The first-order chi connectivity index (χ1) is 8.67. The van der Waals surface area contributed by atoms with Crippen LogP contribution < -0.4 is 16.0 Å². The van der Waals surface area contributed by atoms with Gasteiger partial charge in [-0.05, 0) is 23.8 Å². The second-order valence-electron chi connectivity index (χ2n) is 4.42. The summed E-state index contributed by atoms with van der Waals surface area (Å²) in [6.45, 7) is 0.767. The maximum absolute atomic E-state index is 11.7. The largest absolute Gasteiger partial charge is 0.443 e. The molecule has 94 valence electrons. The Labute approximate surface area is 104 Å². The molecule has 0 saturated carbocycles. The van der Waals surface area contributed by atoms with E-state index in [1.165, 1.54) is 0 Å². The maximum atomic E-state index is 11.7.